The van der Waals surface area contributed by atoms with Crippen molar-refractivity contribution in [2.45, 2.75) is 39.5 Å². The number of hydrogen-bond acceptors (Lipinski definition) is 3. The summed E-state index contributed by atoms with van der Waals surface area (Å²) in [6.45, 7) is 10.7. The Kier molecular flexibility index (Phi) is 11.3. The van der Waals surface area contributed by atoms with Crippen LogP contribution in [-0.4, -0.2) is 50.1 Å². The minimum absolute atomic E-state index is 0. The number of amides is 1. The molecule has 0 bridgehead atoms. The summed E-state index contributed by atoms with van der Waals surface area (Å²) in [6.07, 6.45) is 3.96. The molecule has 2 N–H and O–H groups in total. The van der Waals surface area contributed by atoms with Crippen LogP contribution < -0.4 is 10.6 Å². The van der Waals surface area contributed by atoms with Gasteiger partial charge in [0.15, 0.2) is 0 Å². The van der Waals surface area contributed by atoms with Crippen LogP contribution in [0.1, 0.15) is 39.5 Å². The summed E-state index contributed by atoms with van der Waals surface area (Å²) in [5, 5.41) is 6.39. The molecule has 1 rings (SSSR count). The molecular formula is C14H30ClN3O. The van der Waals surface area contributed by atoms with Gasteiger partial charge in [-0.05, 0) is 18.9 Å². The highest BCUT2D eigenvalue weighted by molar-refractivity contribution is 5.85. The minimum atomic E-state index is 0. The van der Waals surface area contributed by atoms with E-state index in [2.05, 4.69) is 29.4 Å². The number of halogens is 1. The molecule has 0 spiro atoms. The van der Waals surface area contributed by atoms with Gasteiger partial charge in [0.25, 0.3) is 0 Å². The number of hydrogen-bond donors (Lipinski definition) is 2. The van der Waals surface area contributed by atoms with Crippen LogP contribution in [0.15, 0.2) is 0 Å². The normalized spacial score (nSPS) is 16.2. The van der Waals surface area contributed by atoms with E-state index in [1.165, 1.54) is 0 Å². The van der Waals surface area contributed by atoms with Gasteiger partial charge in [0, 0.05) is 39.1 Å². The third kappa shape index (κ3) is 8.45. The van der Waals surface area contributed by atoms with Crippen molar-refractivity contribution in [1.29, 1.82) is 0 Å². The van der Waals surface area contributed by atoms with E-state index in [0.29, 0.717) is 12.3 Å². The van der Waals surface area contributed by atoms with Crippen molar-refractivity contribution in [1.82, 2.24) is 15.5 Å². The zero-order valence-corrected chi connectivity index (χ0v) is 13.2. The van der Waals surface area contributed by atoms with E-state index in [9.17, 15) is 4.79 Å². The highest BCUT2D eigenvalue weighted by Gasteiger charge is 2.11. The van der Waals surface area contributed by atoms with Crippen molar-refractivity contribution < 1.29 is 4.79 Å². The third-order valence-electron chi connectivity index (χ3n) is 3.81. The van der Waals surface area contributed by atoms with E-state index < -0.39 is 0 Å². The Morgan fingerprint density at radius 1 is 1.26 bits per heavy atom. The fourth-order valence-electron chi connectivity index (χ4n) is 2.38. The fourth-order valence-corrected chi connectivity index (χ4v) is 2.38. The summed E-state index contributed by atoms with van der Waals surface area (Å²) in [4.78, 5) is 14.1. The lowest BCUT2D eigenvalue weighted by Gasteiger charge is -2.27. The molecule has 1 amide bonds. The maximum absolute atomic E-state index is 11.7. The number of rotatable bonds is 8. The lowest BCUT2D eigenvalue weighted by atomic mass is 9.99. The Hall–Kier alpha value is -0.320. The van der Waals surface area contributed by atoms with E-state index >= 15 is 0 Å². The van der Waals surface area contributed by atoms with Crippen LogP contribution in [-0.2, 0) is 4.79 Å². The molecule has 0 saturated carbocycles. The average molecular weight is 292 g/mol. The molecule has 0 aromatic heterocycles. The number of nitrogens with one attached hydrogen (secondary N) is 2. The van der Waals surface area contributed by atoms with Crippen LogP contribution in [0.4, 0.5) is 0 Å². The number of carbonyl (C=O) groups is 1. The van der Waals surface area contributed by atoms with Crippen molar-refractivity contribution >= 4 is 18.3 Å². The van der Waals surface area contributed by atoms with E-state index in [1.54, 1.807) is 0 Å². The molecule has 1 saturated heterocycles. The fraction of sp³-hybridized carbons (Fsp3) is 0.929. The molecule has 1 fully saturated rings. The Morgan fingerprint density at radius 2 is 1.89 bits per heavy atom. The molecule has 1 aliphatic rings. The zero-order chi connectivity index (χ0) is 13.2. The second-order valence-electron chi connectivity index (χ2n) is 5.18. The maximum Gasteiger partial charge on any atom is 0.220 e. The summed E-state index contributed by atoms with van der Waals surface area (Å²) in [7, 11) is 0. The number of carbonyl (C=O) groups excluding carboxylic acids is 1. The predicted molar refractivity (Wildman–Crippen MR) is 82.9 cm³/mol. The number of nitrogens with zero attached hydrogens (tertiary/aromatic N) is 1. The first-order chi connectivity index (χ1) is 8.76. The molecule has 0 aromatic carbocycles. The largest absolute Gasteiger partial charge is 0.356 e. The van der Waals surface area contributed by atoms with Crippen molar-refractivity contribution in [2.75, 3.05) is 39.3 Å². The Bertz CT molecular complexity index is 229. The summed E-state index contributed by atoms with van der Waals surface area (Å²) >= 11 is 0. The summed E-state index contributed by atoms with van der Waals surface area (Å²) in [6, 6.07) is 0. The molecule has 0 radical (unpaired) electrons. The first-order valence-electron chi connectivity index (χ1n) is 7.46. The Balaban J connectivity index is 0.00000324. The van der Waals surface area contributed by atoms with Crippen LogP contribution in [0.3, 0.4) is 0 Å². The van der Waals surface area contributed by atoms with E-state index in [0.717, 1.165) is 58.5 Å². The van der Waals surface area contributed by atoms with Gasteiger partial charge >= 0.3 is 0 Å². The zero-order valence-electron chi connectivity index (χ0n) is 12.4. The van der Waals surface area contributed by atoms with Crippen LogP contribution in [0.5, 0.6) is 0 Å². The van der Waals surface area contributed by atoms with E-state index in [4.69, 9.17) is 0 Å². The van der Waals surface area contributed by atoms with Gasteiger partial charge in [-0.25, -0.2) is 0 Å². The van der Waals surface area contributed by atoms with Gasteiger partial charge in [-0.1, -0.05) is 26.7 Å². The predicted octanol–water partition coefficient (Wildman–Crippen LogP) is 1.65. The molecule has 0 atom stereocenters. The van der Waals surface area contributed by atoms with E-state index in [1.807, 2.05) is 0 Å². The number of piperazine rings is 1. The maximum atomic E-state index is 11.7. The summed E-state index contributed by atoms with van der Waals surface area (Å²) in [5.41, 5.74) is 0. The molecule has 114 valence electrons. The van der Waals surface area contributed by atoms with Gasteiger partial charge in [0.1, 0.15) is 0 Å². The van der Waals surface area contributed by atoms with Gasteiger partial charge in [0.05, 0.1) is 0 Å². The molecule has 5 heteroatoms. The molecule has 4 nitrogen and oxygen atoms in total. The van der Waals surface area contributed by atoms with Crippen molar-refractivity contribution in [2.24, 2.45) is 5.92 Å². The van der Waals surface area contributed by atoms with Crippen LogP contribution in [0.25, 0.3) is 0 Å². The van der Waals surface area contributed by atoms with Gasteiger partial charge < -0.3 is 15.5 Å². The second-order valence-corrected chi connectivity index (χ2v) is 5.18. The lowest BCUT2D eigenvalue weighted by molar-refractivity contribution is -0.122. The Labute approximate surface area is 124 Å². The minimum Gasteiger partial charge on any atom is -0.356 e. The molecule has 0 aliphatic carbocycles. The van der Waals surface area contributed by atoms with Gasteiger partial charge in [-0.15, -0.1) is 12.4 Å². The molecule has 0 aromatic rings. The smallest absolute Gasteiger partial charge is 0.220 e. The first kappa shape index (κ1) is 18.7. The van der Waals surface area contributed by atoms with Crippen LogP contribution >= 0.6 is 12.4 Å². The van der Waals surface area contributed by atoms with Gasteiger partial charge in [-0.3, -0.25) is 4.79 Å². The summed E-state index contributed by atoms with van der Waals surface area (Å²) < 4.78 is 0. The highest BCUT2D eigenvalue weighted by atomic mass is 35.5. The monoisotopic (exact) mass is 291 g/mol. The molecular weight excluding hydrogens is 262 g/mol. The average Bonchev–Trinajstić information content (AvgIpc) is 2.42. The first-order valence-corrected chi connectivity index (χ1v) is 7.46. The molecule has 1 aliphatic heterocycles. The Morgan fingerprint density at radius 3 is 2.47 bits per heavy atom. The van der Waals surface area contributed by atoms with Crippen molar-refractivity contribution in [3.63, 3.8) is 0 Å². The van der Waals surface area contributed by atoms with Crippen LogP contribution in [0.2, 0.25) is 0 Å². The van der Waals surface area contributed by atoms with E-state index in [-0.39, 0.29) is 18.3 Å². The molecule has 1 heterocycles. The second kappa shape index (κ2) is 11.5. The molecule has 19 heavy (non-hydrogen) atoms. The third-order valence-corrected chi connectivity index (χ3v) is 3.81. The van der Waals surface area contributed by atoms with Crippen molar-refractivity contribution in [3.8, 4) is 0 Å². The molecule has 0 unspecified atom stereocenters. The van der Waals surface area contributed by atoms with Crippen LogP contribution in [0, 0.1) is 5.92 Å². The van der Waals surface area contributed by atoms with Crippen molar-refractivity contribution in [3.05, 3.63) is 0 Å². The summed E-state index contributed by atoms with van der Waals surface area (Å²) in [5.74, 6) is 0.780. The van der Waals surface area contributed by atoms with Gasteiger partial charge in [-0.2, -0.15) is 0 Å². The van der Waals surface area contributed by atoms with Gasteiger partial charge in [0.2, 0.25) is 5.91 Å². The lowest BCUT2D eigenvalue weighted by Crippen LogP contribution is -2.44. The quantitative estimate of drug-likeness (QED) is 0.669. The topological polar surface area (TPSA) is 44.4 Å². The SMILES string of the molecule is CCC(CC)CC(=O)NCCCN1CCNCC1.Cl. The highest BCUT2D eigenvalue weighted by Crippen LogP contribution is 2.11. The standard InChI is InChI=1S/C14H29N3O.ClH/c1-3-13(4-2)12-14(18)16-6-5-9-17-10-7-15-8-11-17;/h13,15H,3-12H2,1-2H3,(H,16,18);1H.